The Balaban J connectivity index is 1.83. The van der Waals surface area contributed by atoms with Crippen molar-refractivity contribution >= 4 is 23.0 Å². The lowest BCUT2D eigenvalue weighted by Crippen LogP contribution is -2.34. The number of carbonyl (C=O) groups is 2. The van der Waals surface area contributed by atoms with Crippen LogP contribution in [0.3, 0.4) is 0 Å². The fourth-order valence-corrected chi connectivity index (χ4v) is 5.57. The van der Waals surface area contributed by atoms with Crippen LogP contribution in [0, 0.1) is 6.92 Å². The quantitative estimate of drug-likeness (QED) is 0.326. The molecule has 1 amide bonds. The Morgan fingerprint density at radius 3 is 2.28 bits per heavy atom. The zero-order valence-corrected chi connectivity index (χ0v) is 23.6. The number of aliphatic hydroxyl groups is 1. The van der Waals surface area contributed by atoms with Gasteiger partial charge in [0.2, 0.25) is 11.5 Å². The molecule has 4 rings (SSSR count). The lowest BCUT2D eigenvalue weighted by Gasteiger charge is -2.28. The summed E-state index contributed by atoms with van der Waals surface area (Å²) >= 11 is 1.22. The zero-order valence-electron chi connectivity index (χ0n) is 22.8. The number of rotatable bonds is 11. The van der Waals surface area contributed by atoms with Gasteiger partial charge in [-0.05, 0) is 38.5 Å². The molecule has 0 saturated heterocycles. The predicted octanol–water partition coefficient (Wildman–Crippen LogP) is 5.15. The van der Waals surface area contributed by atoms with Crippen molar-refractivity contribution in [3.63, 3.8) is 0 Å². The van der Waals surface area contributed by atoms with E-state index >= 15 is 0 Å². The molecule has 0 bridgehead atoms. The molecule has 1 aromatic heterocycles. The summed E-state index contributed by atoms with van der Waals surface area (Å²) < 4.78 is 22.2. The van der Waals surface area contributed by atoms with Gasteiger partial charge in [0.25, 0.3) is 5.91 Å². The Labute approximate surface area is 231 Å². The fourth-order valence-electron chi connectivity index (χ4n) is 4.54. The summed E-state index contributed by atoms with van der Waals surface area (Å²) in [5, 5.41) is 11.8. The van der Waals surface area contributed by atoms with Gasteiger partial charge in [-0.1, -0.05) is 30.3 Å². The minimum absolute atomic E-state index is 0.0369. The van der Waals surface area contributed by atoms with Crippen LogP contribution >= 0.6 is 11.3 Å². The molecule has 1 aliphatic rings. The summed E-state index contributed by atoms with van der Waals surface area (Å²) in [5.74, 6) is -0.640. The molecule has 1 N–H and O–H groups in total. The molecule has 2 heterocycles. The van der Waals surface area contributed by atoms with Crippen molar-refractivity contribution < 1.29 is 33.6 Å². The van der Waals surface area contributed by atoms with Gasteiger partial charge in [0.15, 0.2) is 17.3 Å². The van der Waals surface area contributed by atoms with Crippen LogP contribution < -0.4 is 14.2 Å². The minimum Gasteiger partial charge on any atom is -0.503 e. The summed E-state index contributed by atoms with van der Waals surface area (Å²) in [6.07, 6.45) is -0.0544. The fraction of sp³-hybridized carbons (Fsp3) is 0.345. The first kappa shape index (κ1) is 28.1. The molecule has 3 aromatic rings. The Hall–Kier alpha value is -3.89. The molecule has 2 aromatic carbocycles. The number of nitrogens with zero attached hydrogens (tertiary/aromatic N) is 2. The first-order valence-electron chi connectivity index (χ1n) is 12.4. The molecule has 39 heavy (non-hydrogen) atoms. The average molecular weight is 553 g/mol. The monoisotopic (exact) mass is 552 g/mol. The third-order valence-electron chi connectivity index (χ3n) is 6.36. The van der Waals surface area contributed by atoms with Crippen LogP contribution in [0.15, 0.2) is 53.8 Å². The summed E-state index contributed by atoms with van der Waals surface area (Å²) in [6, 6.07) is 12.0. The minimum atomic E-state index is -0.920. The van der Waals surface area contributed by atoms with Crippen molar-refractivity contribution in [2.45, 2.75) is 32.9 Å². The highest BCUT2D eigenvalue weighted by molar-refractivity contribution is 7.17. The van der Waals surface area contributed by atoms with Gasteiger partial charge in [-0.3, -0.25) is 9.59 Å². The van der Waals surface area contributed by atoms with Crippen LogP contribution in [0.4, 0.5) is 0 Å². The van der Waals surface area contributed by atoms with E-state index in [-0.39, 0.29) is 24.8 Å². The summed E-state index contributed by atoms with van der Waals surface area (Å²) in [7, 11) is 4.47. The number of aryl methyl sites for hydroxylation is 1. The first-order chi connectivity index (χ1) is 18.7. The number of benzene rings is 2. The van der Waals surface area contributed by atoms with E-state index in [2.05, 4.69) is 4.98 Å². The van der Waals surface area contributed by atoms with Crippen molar-refractivity contribution in [1.82, 2.24) is 9.88 Å². The van der Waals surface area contributed by atoms with Crippen LogP contribution in [0.5, 0.6) is 17.2 Å². The van der Waals surface area contributed by atoms with E-state index in [1.807, 2.05) is 44.2 Å². The SMILES string of the molecule is COc1cc(C2C(C(=O)c3sc(-c4ccccc4)nc3C)=C(O)C(=O)N2CCOC(C)C)cc(OC)c1OC. The lowest BCUT2D eigenvalue weighted by atomic mass is 9.94. The highest BCUT2D eigenvalue weighted by Crippen LogP contribution is 2.46. The maximum atomic E-state index is 14.1. The van der Waals surface area contributed by atoms with Crippen molar-refractivity contribution in [2.75, 3.05) is 34.5 Å². The predicted molar refractivity (Wildman–Crippen MR) is 148 cm³/mol. The van der Waals surface area contributed by atoms with Gasteiger partial charge in [-0.15, -0.1) is 11.3 Å². The van der Waals surface area contributed by atoms with E-state index < -0.39 is 23.5 Å². The van der Waals surface area contributed by atoms with E-state index in [1.54, 1.807) is 19.1 Å². The molecule has 0 fully saturated rings. The highest BCUT2D eigenvalue weighted by Gasteiger charge is 2.45. The lowest BCUT2D eigenvalue weighted by molar-refractivity contribution is -0.130. The standard InChI is InChI=1S/C29H32N2O7S/c1-16(2)38-13-12-31-23(19-14-20(35-4)26(37-6)21(15-19)36-5)22(25(33)29(31)34)24(32)27-17(3)30-28(39-27)18-10-8-7-9-11-18/h7-11,14-16,23,33H,12-13H2,1-6H3. The van der Waals surface area contributed by atoms with Crippen LogP contribution in [0.25, 0.3) is 10.6 Å². The maximum absolute atomic E-state index is 14.1. The van der Waals surface area contributed by atoms with E-state index in [4.69, 9.17) is 18.9 Å². The molecular weight excluding hydrogens is 520 g/mol. The molecule has 10 heteroatoms. The second-order valence-corrected chi connectivity index (χ2v) is 10.2. The molecular formula is C29H32N2O7S. The normalized spacial score (nSPS) is 15.3. The van der Waals surface area contributed by atoms with Crippen LogP contribution in [-0.2, 0) is 9.53 Å². The number of methoxy groups -OCH3 is 3. The van der Waals surface area contributed by atoms with E-state index in [0.29, 0.717) is 38.4 Å². The van der Waals surface area contributed by atoms with Crippen molar-refractivity contribution in [3.8, 4) is 27.8 Å². The van der Waals surface area contributed by atoms with Crippen molar-refractivity contribution in [3.05, 3.63) is 69.9 Å². The third kappa shape index (κ3) is 5.48. The maximum Gasteiger partial charge on any atom is 0.290 e. The number of Topliss-reactive ketones (excluding diaryl/α,β-unsaturated/α-hetero) is 1. The van der Waals surface area contributed by atoms with Crippen LogP contribution in [0.1, 0.15) is 40.8 Å². The number of aliphatic hydroxyl groups excluding tert-OH is 1. The Morgan fingerprint density at radius 2 is 1.72 bits per heavy atom. The Bertz CT molecular complexity index is 1370. The number of amides is 1. The third-order valence-corrected chi connectivity index (χ3v) is 7.56. The first-order valence-corrected chi connectivity index (χ1v) is 13.3. The van der Waals surface area contributed by atoms with Gasteiger partial charge in [-0.2, -0.15) is 0 Å². The van der Waals surface area contributed by atoms with Crippen LogP contribution in [0.2, 0.25) is 0 Å². The van der Waals surface area contributed by atoms with Crippen molar-refractivity contribution in [1.29, 1.82) is 0 Å². The Kier molecular flexibility index (Phi) is 8.57. The summed E-state index contributed by atoms with van der Waals surface area (Å²) in [5.41, 5.74) is 1.87. The molecule has 206 valence electrons. The molecule has 1 unspecified atom stereocenters. The summed E-state index contributed by atoms with van der Waals surface area (Å²) in [6.45, 7) is 5.90. The number of aromatic nitrogens is 1. The molecule has 0 saturated carbocycles. The Morgan fingerprint density at radius 1 is 1.08 bits per heavy atom. The number of hydrogen-bond donors (Lipinski definition) is 1. The second kappa shape index (κ2) is 11.9. The highest BCUT2D eigenvalue weighted by atomic mass is 32.1. The molecule has 1 atom stereocenters. The molecule has 0 spiro atoms. The van der Waals surface area contributed by atoms with Gasteiger partial charge in [0.05, 0.1) is 56.2 Å². The van der Waals surface area contributed by atoms with E-state index in [0.717, 1.165) is 5.56 Å². The van der Waals surface area contributed by atoms with Gasteiger partial charge in [0, 0.05) is 12.1 Å². The topological polar surface area (TPSA) is 107 Å². The second-order valence-electron chi connectivity index (χ2n) is 9.17. The molecule has 0 aliphatic carbocycles. The average Bonchev–Trinajstić information content (AvgIpc) is 3.45. The number of hydrogen-bond acceptors (Lipinski definition) is 9. The van der Waals surface area contributed by atoms with Gasteiger partial charge < -0.3 is 29.0 Å². The largest absolute Gasteiger partial charge is 0.503 e. The van der Waals surface area contributed by atoms with Gasteiger partial charge in [0.1, 0.15) is 5.01 Å². The zero-order chi connectivity index (χ0) is 28.3. The number of thiazole rings is 1. The van der Waals surface area contributed by atoms with E-state index in [1.165, 1.54) is 37.6 Å². The number of ketones is 1. The van der Waals surface area contributed by atoms with E-state index in [9.17, 15) is 14.7 Å². The van der Waals surface area contributed by atoms with Gasteiger partial charge in [-0.25, -0.2) is 4.98 Å². The molecule has 0 radical (unpaired) electrons. The number of ether oxygens (including phenoxy) is 4. The molecule has 9 nitrogen and oxygen atoms in total. The van der Waals surface area contributed by atoms with Crippen LogP contribution in [-0.4, -0.2) is 67.3 Å². The number of carbonyl (C=O) groups excluding carboxylic acids is 2. The smallest absolute Gasteiger partial charge is 0.290 e. The van der Waals surface area contributed by atoms with Crippen molar-refractivity contribution in [2.24, 2.45) is 0 Å². The van der Waals surface area contributed by atoms with Gasteiger partial charge >= 0.3 is 0 Å². The summed E-state index contributed by atoms with van der Waals surface area (Å²) in [4.78, 5) is 33.8. The molecule has 1 aliphatic heterocycles.